The third-order valence-corrected chi connectivity index (χ3v) is 4.70. The highest BCUT2D eigenvalue weighted by Gasteiger charge is 2.31. The van der Waals surface area contributed by atoms with Gasteiger partial charge in [-0.2, -0.15) is 0 Å². The number of urea groups is 1. The van der Waals surface area contributed by atoms with Crippen molar-refractivity contribution in [3.05, 3.63) is 64.4 Å². The second-order valence-electron chi connectivity index (χ2n) is 6.59. The largest absolute Gasteiger partial charge is 0.496 e. The lowest BCUT2D eigenvalue weighted by Gasteiger charge is -2.28. The molecule has 1 aliphatic heterocycles. The maximum absolute atomic E-state index is 13.0. The quantitative estimate of drug-likeness (QED) is 0.735. The van der Waals surface area contributed by atoms with Crippen LogP contribution in [0, 0.1) is 13.8 Å². The number of allylic oxidation sites excluding steroid dienone is 1. The van der Waals surface area contributed by atoms with Crippen molar-refractivity contribution in [2.45, 2.75) is 33.4 Å². The topological polar surface area (TPSA) is 105 Å². The van der Waals surface area contributed by atoms with Crippen molar-refractivity contribution in [3.8, 4) is 5.75 Å². The summed E-state index contributed by atoms with van der Waals surface area (Å²) in [5.74, 6) is 0.467. The second-order valence-corrected chi connectivity index (χ2v) is 6.59. The van der Waals surface area contributed by atoms with Crippen LogP contribution in [0.3, 0.4) is 0 Å². The Bertz CT molecular complexity index is 940. The molecule has 0 fully saturated rings. The average Bonchev–Trinajstić information content (AvgIpc) is 2.67. The number of nitrogens with zero attached hydrogens (tertiary/aromatic N) is 2. The molecular weight excluding hydrogens is 358 g/mol. The Morgan fingerprint density at radius 3 is 2.75 bits per heavy atom. The summed E-state index contributed by atoms with van der Waals surface area (Å²) in [6.07, 6.45) is 4.99. The molecular formula is C20H23N5O3. The summed E-state index contributed by atoms with van der Waals surface area (Å²) in [7, 11) is 1.61. The van der Waals surface area contributed by atoms with Crippen LogP contribution in [0.1, 0.15) is 35.3 Å². The number of carbonyl (C=O) groups excluding carboxylic acids is 2. The number of pyridine rings is 2. The summed E-state index contributed by atoms with van der Waals surface area (Å²) in [5, 5.41) is 8.34. The number of amides is 3. The van der Waals surface area contributed by atoms with Gasteiger partial charge in [0.05, 0.1) is 31.0 Å². The Hall–Kier alpha value is -3.42. The normalized spacial score (nSPS) is 16.3. The van der Waals surface area contributed by atoms with Gasteiger partial charge in [-0.25, -0.2) is 4.79 Å². The molecule has 0 aliphatic carbocycles. The zero-order chi connectivity index (χ0) is 20.3. The number of aromatic nitrogens is 2. The molecule has 0 saturated carbocycles. The minimum absolute atomic E-state index is 0.242. The van der Waals surface area contributed by atoms with Crippen LogP contribution in [0.5, 0.6) is 5.75 Å². The van der Waals surface area contributed by atoms with E-state index in [2.05, 4.69) is 25.9 Å². The Morgan fingerprint density at radius 1 is 1.29 bits per heavy atom. The van der Waals surface area contributed by atoms with E-state index in [4.69, 9.17) is 4.74 Å². The van der Waals surface area contributed by atoms with E-state index in [-0.39, 0.29) is 18.5 Å². The fourth-order valence-corrected chi connectivity index (χ4v) is 3.30. The summed E-state index contributed by atoms with van der Waals surface area (Å²) in [4.78, 5) is 33.4. The lowest BCUT2D eigenvalue weighted by atomic mass is 9.96. The molecule has 3 amide bonds. The van der Waals surface area contributed by atoms with Gasteiger partial charge < -0.3 is 20.7 Å². The minimum atomic E-state index is -0.580. The van der Waals surface area contributed by atoms with Crippen molar-refractivity contribution in [1.82, 2.24) is 25.9 Å². The molecule has 146 valence electrons. The van der Waals surface area contributed by atoms with Gasteiger partial charge in [0, 0.05) is 35.4 Å². The summed E-state index contributed by atoms with van der Waals surface area (Å²) in [5.41, 5.74) is 4.20. The number of carbonyl (C=O) groups is 2. The molecule has 1 aliphatic rings. The standard InChI is InChI=1S/C20H23N5O3/c1-11-8-22-15(12(2)18(11)28-4)10-23-19(26)16-13(3)24-20(27)25-17(16)14-6-5-7-21-9-14/h5-9,17H,10H2,1-4H3,(H,23,26)(H2,24,25,27)/t17-/m0/s1. The molecule has 3 heterocycles. The second kappa shape index (κ2) is 8.08. The van der Waals surface area contributed by atoms with Gasteiger partial charge >= 0.3 is 6.03 Å². The van der Waals surface area contributed by atoms with Crippen LogP contribution in [0.15, 0.2) is 42.0 Å². The molecule has 0 spiro atoms. The first-order chi connectivity index (χ1) is 13.4. The van der Waals surface area contributed by atoms with E-state index >= 15 is 0 Å². The minimum Gasteiger partial charge on any atom is -0.496 e. The maximum Gasteiger partial charge on any atom is 0.319 e. The van der Waals surface area contributed by atoms with Crippen LogP contribution < -0.4 is 20.7 Å². The number of rotatable bonds is 5. The fourth-order valence-electron chi connectivity index (χ4n) is 3.30. The summed E-state index contributed by atoms with van der Waals surface area (Å²) in [6.45, 7) is 5.77. The SMILES string of the molecule is COc1c(C)cnc(CNC(=O)C2=C(C)NC(=O)N[C@H]2c2cccnc2)c1C. The third-order valence-electron chi connectivity index (χ3n) is 4.70. The molecule has 0 aromatic carbocycles. The Balaban J connectivity index is 1.84. The van der Waals surface area contributed by atoms with Crippen LogP contribution in [-0.2, 0) is 11.3 Å². The van der Waals surface area contributed by atoms with Crippen LogP contribution in [0.4, 0.5) is 4.79 Å². The molecule has 28 heavy (non-hydrogen) atoms. The number of hydrogen-bond donors (Lipinski definition) is 3. The first-order valence-corrected chi connectivity index (χ1v) is 8.87. The van der Waals surface area contributed by atoms with Crippen molar-refractivity contribution in [3.63, 3.8) is 0 Å². The molecule has 1 atom stereocenters. The van der Waals surface area contributed by atoms with Crippen molar-refractivity contribution in [2.75, 3.05) is 7.11 Å². The molecule has 8 nitrogen and oxygen atoms in total. The zero-order valence-electron chi connectivity index (χ0n) is 16.3. The predicted molar refractivity (Wildman–Crippen MR) is 103 cm³/mol. The lowest BCUT2D eigenvalue weighted by molar-refractivity contribution is -0.118. The predicted octanol–water partition coefficient (Wildman–Crippen LogP) is 2.05. The van der Waals surface area contributed by atoms with E-state index in [1.54, 1.807) is 38.7 Å². The van der Waals surface area contributed by atoms with Crippen molar-refractivity contribution >= 4 is 11.9 Å². The lowest BCUT2D eigenvalue weighted by Crippen LogP contribution is -2.47. The van der Waals surface area contributed by atoms with Gasteiger partial charge in [-0.1, -0.05) is 6.07 Å². The van der Waals surface area contributed by atoms with Crippen molar-refractivity contribution < 1.29 is 14.3 Å². The highest BCUT2D eigenvalue weighted by atomic mass is 16.5. The Morgan fingerprint density at radius 2 is 2.07 bits per heavy atom. The van der Waals surface area contributed by atoms with E-state index in [1.165, 1.54) is 0 Å². The molecule has 3 N–H and O–H groups in total. The van der Waals surface area contributed by atoms with Crippen LogP contribution >= 0.6 is 0 Å². The van der Waals surface area contributed by atoms with Crippen LogP contribution in [0.25, 0.3) is 0 Å². The van der Waals surface area contributed by atoms with Gasteiger partial charge in [-0.05, 0) is 32.4 Å². The molecule has 3 rings (SSSR count). The number of hydrogen-bond acceptors (Lipinski definition) is 5. The van der Waals surface area contributed by atoms with Gasteiger partial charge in [-0.15, -0.1) is 0 Å². The Kier molecular flexibility index (Phi) is 5.58. The molecule has 0 saturated heterocycles. The highest BCUT2D eigenvalue weighted by Crippen LogP contribution is 2.27. The first kappa shape index (κ1) is 19.3. The summed E-state index contributed by atoms with van der Waals surface area (Å²) < 4.78 is 5.42. The van der Waals surface area contributed by atoms with Gasteiger partial charge in [-0.3, -0.25) is 14.8 Å². The van der Waals surface area contributed by atoms with Crippen LogP contribution in [-0.4, -0.2) is 29.0 Å². The van der Waals surface area contributed by atoms with Crippen LogP contribution in [0.2, 0.25) is 0 Å². The van der Waals surface area contributed by atoms with Gasteiger partial charge in [0.25, 0.3) is 5.91 Å². The number of ether oxygens (including phenoxy) is 1. The number of methoxy groups -OCH3 is 1. The molecule has 2 aromatic rings. The molecule has 0 bridgehead atoms. The zero-order valence-corrected chi connectivity index (χ0v) is 16.3. The van der Waals surface area contributed by atoms with Gasteiger partial charge in [0.1, 0.15) is 5.75 Å². The molecule has 8 heteroatoms. The van der Waals surface area contributed by atoms with E-state index < -0.39 is 6.04 Å². The first-order valence-electron chi connectivity index (χ1n) is 8.87. The average molecular weight is 381 g/mol. The molecule has 0 unspecified atom stereocenters. The van der Waals surface area contributed by atoms with Crippen molar-refractivity contribution in [1.29, 1.82) is 0 Å². The fraction of sp³-hybridized carbons (Fsp3) is 0.300. The summed E-state index contributed by atoms with van der Waals surface area (Å²) >= 11 is 0. The van der Waals surface area contributed by atoms with Crippen molar-refractivity contribution in [2.24, 2.45) is 0 Å². The molecule has 2 aromatic heterocycles. The van der Waals surface area contributed by atoms with E-state index in [0.29, 0.717) is 11.3 Å². The summed E-state index contributed by atoms with van der Waals surface area (Å²) in [6, 6.07) is 2.65. The maximum atomic E-state index is 13.0. The smallest absolute Gasteiger partial charge is 0.319 e. The number of nitrogens with one attached hydrogen (secondary N) is 3. The Labute approximate surface area is 163 Å². The third kappa shape index (κ3) is 3.80. The van der Waals surface area contributed by atoms with Gasteiger partial charge in [0.2, 0.25) is 0 Å². The van der Waals surface area contributed by atoms with E-state index in [0.717, 1.165) is 28.1 Å². The molecule has 0 radical (unpaired) electrons. The monoisotopic (exact) mass is 381 g/mol. The van der Waals surface area contributed by atoms with E-state index in [1.807, 2.05) is 19.9 Å². The number of aryl methyl sites for hydroxylation is 1. The van der Waals surface area contributed by atoms with Gasteiger partial charge in [0.15, 0.2) is 0 Å². The van der Waals surface area contributed by atoms with E-state index in [9.17, 15) is 9.59 Å². The highest BCUT2D eigenvalue weighted by molar-refractivity contribution is 5.98.